The number of ether oxygens (including phenoxy) is 3. The lowest BCUT2D eigenvalue weighted by Gasteiger charge is -2.33. The summed E-state index contributed by atoms with van der Waals surface area (Å²) in [6.07, 6.45) is 9.66. The summed E-state index contributed by atoms with van der Waals surface area (Å²) in [7, 11) is 0. The molecule has 3 aromatic carbocycles. The second-order valence-corrected chi connectivity index (χ2v) is 10.6. The van der Waals surface area contributed by atoms with Gasteiger partial charge in [-0.05, 0) is 77.6 Å². The van der Waals surface area contributed by atoms with Crippen LogP contribution >= 0.6 is 0 Å². The van der Waals surface area contributed by atoms with Gasteiger partial charge < -0.3 is 14.2 Å². The molecule has 214 valence electrons. The van der Waals surface area contributed by atoms with E-state index in [1.807, 2.05) is 42.5 Å². The molecule has 1 unspecified atom stereocenters. The molecule has 6 heteroatoms. The molecule has 1 atom stereocenters. The Labute approximate surface area is 246 Å². The van der Waals surface area contributed by atoms with Gasteiger partial charge in [-0.1, -0.05) is 81.1 Å². The van der Waals surface area contributed by atoms with Crippen molar-refractivity contribution in [2.24, 2.45) is 0 Å². The number of allylic oxidation sites excluding steroid dienone is 5. The average molecular weight is 563 g/mol. The number of carbonyl (C=O) groups is 3. The van der Waals surface area contributed by atoms with Gasteiger partial charge in [-0.2, -0.15) is 0 Å². The van der Waals surface area contributed by atoms with Gasteiger partial charge in [-0.25, -0.2) is 4.79 Å². The largest absolute Gasteiger partial charge is 0.429 e. The van der Waals surface area contributed by atoms with Crippen LogP contribution in [0.15, 0.2) is 121 Å². The molecule has 0 aromatic heterocycles. The summed E-state index contributed by atoms with van der Waals surface area (Å²) >= 11 is 0. The van der Waals surface area contributed by atoms with Crippen LogP contribution in [0.3, 0.4) is 0 Å². The van der Waals surface area contributed by atoms with Crippen molar-refractivity contribution in [3.05, 3.63) is 143 Å². The molecule has 0 fully saturated rings. The SMILES string of the molecule is C=CC(=O)Oc1ccc(C(C)(c2ccc(OC=O)cc2)c2ccc(C(C)(C)C3=CCC=C(OC(C)=O)C=C3)cc2)cc1. The summed E-state index contributed by atoms with van der Waals surface area (Å²) in [4.78, 5) is 33.9. The summed E-state index contributed by atoms with van der Waals surface area (Å²) in [5, 5.41) is 0. The third-order valence-electron chi connectivity index (χ3n) is 7.68. The zero-order chi connectivity index (χ0) is 30.3. The van der Waals surface area contributed by atoms with Crippen LogP contribution in [0.25, 0.3) is 0 Å². The lowest BCUT2D eigenvalue weighted by atomic mass is 9.70. The zero-order valence-electron chi connectivity index (χ0n) is 24.3. The molecule has 6 nitrogen and oxygen atoms in total. The maximum absolute atomic E-state index is 11.7. The minimum atomic E-state index is -0.590. The Kier molecular flexibility index (Phi) is 9.06. The van der Waals surface area contributed by atoms with Gasteiger partial charge >= 0.3 is 11.9 Å². The summed E-state index contributed by atoms with van der Waals surface area (Å²) < 4.78 is 15.6. The Morgan fingerprint density at radius 2 is 1.26 bits per heavy atom. The fraction of sp³-hybridized carbons (Fsp3) is 0.194. The van der Waals surface area contributed by atoms with Crippen LogP contribution < -0.4 is 9.47 Å². The average Bonchev–Trinajstić information content (AvgIpc) is 3.23. The smallest absolute Gasteiger partial charge is 0.335 e. The van der Waals surface area contributed by atoms with Crippen molar-refractivity contribution >= 4 is 18.4 Å². The molecular formula is C36H34O6. The standard InChI is InChI=1S/C36H34O6/c1-6-34(39)42-33-22-17-30(18-23-33)36(5,29-15-19-31(20-16-29)40-24-37)28-12-10-27(11-13-28)35(3,4)26-8-7-9-32(21-14-26)41-25(2)38/h6,8-24H,1,7H2,2-5H3. The number of esters is 2. The van der Waals surface area contributed by atoms with E-state index in [-0.39, 0.29) is 11.4 Å². The first-order valence-corrected chi connectivity index (χ1v) is 13.6. The molecule has 1 aliphatic rings. The maximum Gasteiger partial charge on any atom is 0.335 e. The molecule has 4 rings (SSSR count). The van der Waals surface area contributed by atoms with Crippen LogP contribution in [-0.2, 0) is 30.0 Å². The highest BCUT2D eigenvalue weighted by Gasteiger charge is 2.32. The monoisotopic (exact) mass is 562 g/mol. The first-order valence-electron chi connectivity index (χ1n) is 13.6. The van der Waals surface area contributed by atoms with Gasteiger partial charge in [0.15, 0.2) is 0 Å². The third kappa shape index (κ3) is 6.50. The van der Waals surface area contributed by atoms with Gasteiger partial charge in [0.1, 0.15) is 17.3 Å². The van der Waals surface area contributed by atoms with E-state index in [1.54, 1.807) is 24.3 Å². The predicted octanol–water partition coefficient (Wildman–Crippen LogP) is 7.28. The molecule has 0 heterocycles. The van der Waals surface area contributed by atoms with E-state index in [1.165, 1.54) is 6.92 Å². The second-order valence-electron chi connectivity index (χ2n) is 10.6. The van der Waals surface area contributed by atoms with E-state index in [4.69, 9.17) is 14.2 Å². The van der Waals surface area contributed by atoms with Crippen LogP contribution in [0.4, 0.5) is 0 Å². The highest BCUT2D eigenvalue weighted by atomic mass is 16.5. The van der Waals surface area contributed by atoms with E-state index in [9.17, 15) is 14.4 Å². The van der Waals surface area contributed by atoms with Gasteiger partial charge in [0.2, 0.25) is 0 Å². The highest BCUT2D eigenvalue weighted by Crippen LogP contribution is 2.42. The molecule has 0 aliphatic heterocycles. The van der Waals surface area contributed by atoms with Crippen molar-refractivity contribution < 1.29 is 28.6 Å². The quantitative estimate of drug-likeness (QED) is 0.0850. The van der Waals surface area contributed by atoms with Crippen molar-refractivity contribution in [1.29, 1.82) is 0 Å². The highest BCUT2D eigenvalue weighted by molar-refractivity contribution is 5.83. The molecular weight excluding hydrogens is 528 g/mol. The van der Waals surface area contributed by atoms with Crippen molar-refractivity contribution in [1.82, 2.24) is 0 Å². The second kappa shape index (κ2) is 12.7. The minimum Gasteiger partial charge on any atom is -0.429 e. The van der Waals surface area contributed by atoms with Crippen LogP contribution in [-0.4, -0.2) is 18.4 Å². The predicted molar refractivity (Wildman–Crippen MR) is 162 cm³/mol. The molecule has 0 spiro atoms. The first-order chi connectivity index (χ1) is 20.1. The number of benzene rings is 3. The van der Waals surface area contributed by atoms with Gasteiger partial charge in [0.05, 0.1) is 0 Å². The molecule has 0 bridgehead atoms. The Morgan fingerprint density at radius 3 is 1.79 bits per heavy atom. The molecule has 1 aliphatic carbocycles. The van der Waals surface area contributed by atoms with E-state index >= 15 is 0 Å². The lowest BCUT2D eigenvalue weighted by Crippen LogP contribution is -2.26. The fourth-order valence-corrected chi connectivity index (χ4v) is 5.14. The number of hydrogen-bond acceptors (Lipinski definition) is 6. The van der Waals surface area contributed by atoms with E-state index in [2.05, 4.69) is 57.7 Å². The topological polar surface area (TPSA) is 78.9 Å². The normalized spacial score (nSPS) is 14.4. The van der Waals surface area contributed by atoms with Crippen molar-refractivity contribution in [3.8, 4) is 11.5 Å². The van der Waals surface area contributed by atoms with Gasteiger partial charge in [-0.15, -0.1) is 0 Å². The summed E-state index contributed by atoms with van der Waals surface area (Å²) in [5.41, 5.74) is 4.36. The summed E-state index contributed by atoms with van der Waals surface area (Å²) in [5.74, 6) is 0.562. The molecule has 0 saturated carbocycles. The van der Waals surface area contributed by atoms with Crippen LogP contribution in [0, 0.1) is 0 Å². The molecule has 3 aromatic rings. The zero-order valence-corrected chi connectivity index (χ0v) is 24.3. The number of carbonyl (C=O) groups excluding carboxylic acids is 3. The first kappa shape index (κ1) is 30.0. The molecule has 0 saturated heterocycles. The van der Waals surface area contributed by atoms with Crippen LogP contribution in [0.1, 0.15) is 56.4 Å². The summed E-state index contributed by atoms with van der Waals surface area (Å²) in [6.45, 7) is 11.7. The van der Waals surface area contributed by atoms with E-state index in [0.29, 0.717) is 30.2 Å². The summed E-state index contributed by atoms with van der Waals surface area (Å²) in [6, 6.07) is 23.3. The minimum absolute atomic E-state index is 0.310. The van der Waals surface area contributed by atoms with Crippen LogP contribution in [0.2, 0.25) is 0 Å². The van der Waals surface area contributed by atoms with Crippen molar-refractivity contribution in [3.63, 3.8) is 0 Å². The van der Waals surface area contributed by atoms with Crippen LogP contribution in [0.5, 0.6) is 11.5 Å². The van der Waals surface area contributed by atoms with Crippen molar-refractivity contribution in [2.45, 2.75) is 44.9 Å². The molecule has 42 heavy (non-hydrogen) atoms. The van der Waals surface area contributed by atoms with E-state index < -0.39 is 11.4 Å². The Bertz CT molecular complexity index is 1550. The Balaban J connectivity index is 1.71. The molecule has 0 radical (unpaired) electrons. The molecule has 0 N–H and O–H groups in total. The number of rotatable bonds is 10. The van der Waals surface area contributed by atoms with Crippen molar-refractivity contribution in [2.75, 3.05) is 0 Å². The van der Waals surface area contributed by atoms with Gasteiger partial charge in [0.25, 0.3) is 6.47 Å². The van der Waals surface area contributed by atoms with Gasteiger partial charge in [-0.3, -0.25) is 9.59 Å². The maximum atomic E-state index is 11.7. The fourth-order valence-electron chi connectivity index (χ4n) is 5.14. The number of hydrogen-bond donors (Lipinski definition) is 0. The molecule has 0 amide bonds. The van der Waals surface area contributed by atoms with E-state index in [0.717, 1.165) is 33.9 Å². The van der Waals surface area contributed by atoms with Gasteiger partial charge in [0, 0.05) is 23.8 Å². The Morgan fingerprint density at radius 1 is 0.738 bits per heavy atom. The lowest BCUT2D eigenvalue weighted by molar-refractivity contribution is -0.136. The third-order valence-corrected chi connectivity index (χ3v) is 7.68. The Hall–Kier alpha value is -4.97.